The molecule has 96 valence electrons. The number of nitrogens with zero attached hydrogens (tertiary/aromatic N) is 1. The molecule has 18 heavy (non-hydrogen) atoms. The van der Waals surface area contributed by atoms with Crippen LogP contribution in [0.4, 0.5) is 10.5 Å². The Morgan fingerprint density at radius 3 is 2.56 bits per heavy atom. The second kappa shape index (κ2) is 3.71. The maximum absolute atomic E-state index is 11.8. The fourth-order valence-electron chi connectivity index (χ4n) is 2.47. The summed E-state index contributed by atoms with van der Waals surface area (Å²) in [7, 11) is -3.10. The van der Waals surface area contributed by atoms with Gasteiger partial charge in [-0.2, -0.15) is 0 Å². The summed E-state index contributed by atoms with van der Waals surface area (Å²) in [5.74, 6) is -0.0803. The predicted octanol–water partition coefficient (Wildman–Crippen LogP) is 1.12. The van der Waals surface area contributed by atoms with Gasteiger partial charge in [-0.15, -0.1) is 0 Å². The van der Waals surface area contributed by atoms with Crippen molar-refractivity contribution < 1.29 is 17.9 Å². The molecule has 2 fully saturated rings. The van der Waals surface area contributed by atoms with E-state index in [4.69, 9.17) is 4.74 Å². The Kier molecular flexibility index (Phi) is 2.38. The lowest BCUT2D eigenvalue weighted by Gasteiger charge is -2.19. The fraction of sp³-hybridized carbons (Fsp3) is 0.417. The molecule has 0 bridgehead atoms. The zero-order chi connectivity index (χ0) is 12.9. The molecule has 0 N–H and O–H groups in total. The number of hydrogen-bond acceptors (Lipinski definition) is 4. The third-order valence-electron chi connectivity index (χ3n) is 3.36. The highest BCUT2D eigenvalue weighted by Gasteiger charge is 2.51. The standard InChI is InChI=1S/C12H13NO4S/c1-8-2-4-9(5-3-8)13-10-6-18(15,16)7-11(10)17-12(13)14/h2-5,10-11H,6-7H2,1H3/t10-,11-/m1/s1. The molecule has 3 rings (SSSR count). The monoisotopic (exact) mass is 267 g/mol. The normalized spacial score (nSPS) is 29.2. The predicted molar refractivity (Wildman–Crippen MR) is 66.4 cm³/mol. The Hall–Kier alpha value is -1.56. The van der Waals surface area contributed by atoms with Crippen LogP contribution in [0.25, 0.3) is 0 Å². The summed E-state index contributed by atoms with van der Waals surface area (Å²) in [6.45, 7) is 1.95. The first-order valence-corrected chi connectivity index (χ1v) is 7.55. The van der Waals surface area contributed by atoms with Crippen LogP contribution in [0.2, 0.25) is 0 Å². The van der Waals surface area contributed by atoms with Crippen LogP contribution >= 0.6 is 0 Å². The summed E-state index contributed by atoms with van der Waals surface area (Å²) >= 11 is 0. The minimum Gasteiger partial charge on any atom is -0.442 e. The number of amides is 1. The van der Waals surface area contributed by atoms with Gasteiger partial charge in [0.2, 0.25) is 0 Å². The van der Waals surface area contributed by atoms with Gasteiger partial charge in [-0.1, -0.05) is 17.7 Å². The van der Waals surface area contributed by atoms with E-state index in [1.54, 1.807) is 0 Å². The minimum absolute atomic E-state index is 0.0166. The first kappa shape index (κ1) is 11.5. The van der Waals surface area contributed by atoms with E-state index in [9.17, 15) is 13.2 Å². The van der Waals surface area contributed by atoms with Crippen LogP contribution in [0.3, 0.4) is 0 Å². The second-order valence-corrected chi connectivity index (χ2v) is 6.93. The SMILES string of the molecule is Cc1ccc(N2C(=O)O[C@@H]3CS(=O)(=O)C[C@H]32)cc1. The Morgan fingerprint density at radius 1 is 1.22 bits per heavy atom. The lowest BCUT2D eigenvalue weighted by molar-refractivity contribution is 0.147. The number of hydrogen-bond donors (Lipinski definition) is 0. The van der Waals surface area contributed by atoms with E-state index in [0.29, 0.717) is 5.69 Å². The number of carbonyl (C=O) groups is 1. The van der Waals surface area contributed by atoms with Crippen LogP contribution in [0.5, 0.6) is 0 Å². The van der Waals surface area contributed by atoms with Crippen molar-refractivity contribution in [1.82, 2.24) is 0 Å². The molecule has 0 spiro atoms. The van der Waals surface area contributed by atoms with Gasteiger partial charge in [-0.05, 0) is 19.1 Å². The molecular formula is C12H13NO4S. The van der Waals surface area contributed by atoms with Crippen molar-refractivity contribution in [2.24, 2.45) is 0 Å². The Morgan fingerprint density at radius 2 is 1.89 bits per heavy atom. The molecule has 2 aliphatic rings. The number of carbonyl (C=O) groups excluding carboxylic acids is 1. The minimum atomic E-state index is -3.10. The molecule has 1 aromatic carbocycles. The number of ether oxygens (including phenoxy) is 1. The number of sulfone groups is 1. The smallest absolute Gasteiger partial charge is 0.415 e. The maximum atomic E-state index is 11.8. The van der Waals surface area contributed by atoms with Gasteiger partial charge in [0.25, 0.3) is 0 Å². The van der Waals surface area contributed by atoms with E-state index < -0.39 is 22.0 Å². The third kappa shape index (κ3) is 1.77. The average Bonchev–Trinajstić information content (AvgIpc) is 2.70. The van der Waals surface area contributed by atoms with Crippen LogP contribution in [-0.4, -0.2) is 38.2 Å². The van der Waals surface area contributed by atoms with Gasteiger partial charge in [0.05, 0.1) is 17.5 Å². The lowest BCUT2D eigenvalue weighted by atomic mass is 10.1. The van der Waals surface area contributed by atoms with Crippen molar-refractivity contribution in [3.63, 3.8) is 0 Å². The molecule has 0 aromatic heterocycles. The molecule has 0 aliphatic carbocycles. The number of anilines is 1. The molecule has 2 heterocycles. The van der Waals surface area contributed by atoms with Gasteiger partial charge in [0.15, 0.2) is 9.84 Å². The van der Waals surface area contributed by atoms with E-state index in [-0.39, 0.29) is 17.5 Å². The highest BCUT2D eigenvalue weighted by atomic mass is 32.2. The van der Waals surface area contributed by atoms with E-state index in [2.05, 4.69) is 0 Å². The number of fused-ring (bicyclic) bond motifs is 1. The van der Waals surface area contributed by atoms with Crippen molar-refractivity contribution >= 4 is 21.6 Å². The van der Waals surface area contributed by atoms with Crippen molar-refractivity contribution in [3.05, 3.63) is 29.8 Å². The summed E-state index contributed by atoms with van der Waals surface area (Å²) in [5, 5.41) is 0. The number of rotatable bonds is 1. The Balaban J connectivity index is 1.96. The molecule has 0 unspecified atom stereocenters. The summed E-state index contributed by atoms with van der Waals surface area (Å²) in [5.41, 5.74) is 1.78. The van der Waals surface area contributed by atoms with E-state index in [1.807, 2.05) is 31.2 Å². The molecule has 1 amide bonds. The fourth-order valence-corrected chi connectivity index (χ4v) is 4.29. The molecule has 5 nitrogen and oxygen atoms in total. The zero-order valence-corrected chi connectivity index (χ0v) is 10.7. The van der Waals surface area contributed by atoms with E-state index in [0.717, 1.165) is 5.56 Å². The van der Waals surface area contributed by atoms with Gasteiger partial charge >= 0.3 is 6.09 Å². The van der Waals surface area contributed by atoms with Crippen LogP contribution in [0.1, 0.15) is 5.56 Å². The van der Waals surface area contributed by atoms with Crippen LogP contribution in [0, 0.1) is 6.92 Å². The Labute approximate surface area is 105 Å². The molecule has 2 saturated heterocycles. The zero-order valence-electron chi connectivity index (χ0n) is 9.87. The van der Waals surface area contributed by atoms with Crippen LogP contribution in [-0.2, 0) is 14.6 Å². The first-order chi connectivity index (χ1) is 8.46. The maximum Gasteiger partial charge on any atom is 0.415 e. The second-order valence-electron chi connectivity index (χ2n) is 4.77. The summed E-state index contributed by atoms with van der Waals surface area (Å²) in [6.07, 6.45) is -0.979. The van der Waals surface area contributed by atoms with Crippen molar-refractivity contribution in [2.45, 2.75) is 19.1 Å². The quantitative estimate of drug-likeness (QED) is 0.765. The van der Waals surface area contributed by atoms with E-state index in [1.165, 1.54) is 4.90 Å². The molecule has 2 atom stereocenters. The van der Waals surface area contributed by atoms with Gasteiger partial charge < -0.3 is 4.74 Å². The highest BCUT2D eigenvalue weighted by molar-refractivity contribution is 7.91. The van der Waals surface area contributed by atoms with Crippen molar-refractivity contribution in [2.75, 3.05) is 16.4 Å². The molecule has 0 saturated carbocycles. The molecule has 6 heteroatoms. The summed E-state index contributed by atoms with van der Waals surface area (Å²) < 4.78 is 28.3. The number of benzene rings is 1. The topological polar surface area (TPSA) is 63.7 Å². The largest absolute Gasteiger partial charge is 0.442 e. The molecule has 1 aromatic rings. The van der Waals surface area contributed by atoms with E-state index >= 15 is 0 Å². The van der Waals surface area contributed by atoms with Crippen molar-refractivity contribution in [3.8, 4) is 0 Å². The molecule has 2 aliphatic heterocycles. The van der Waals surface area contributed by atoms with Crippen LogP contribution in [0.15, 0.2) is 24.3 Å². The van der Waals surface area contributed by atoms with Gasteiger partial charge in [0, 0.05) is 5.69 Å². The number of aryl methyl sites for hydroxylation is 1. The lowest BCUT2D eigenvalue weighted by Crippen LogP contribution is -2.36. The van der Waals surface area contributed by atoms with Gasteiger partial charge in [0.1, 0.15) is 6.10 Å². The van der Waals surface area contributed by atoms with Gasteiger partial charge in [-0.3, -0.25) is 4.90 Å². The first-order valence-electron chi connectivity index (χ1n) is 5.73. The Bertz CT molecular complexity index is 593. The molecule has 0 radical (unpaired) electrons. The van der Waals surface area contributed by atoms with Crippen LogP contribution < -0.4 is 4.90 Å². The third-order valence-corrected chi connectivity index (χ3v) is 5.05. The van der Waals surface area contributed by atoms with Gasteiger partial charge in [-0.25, -0.2) is 13.2 Å². The summed E-state index contributed by atoms with van der Waals surface area (Å²) in [4.78, 5) is 13.2. The highest BCUT2D eigenvalue weighted by Crippen LogP contribution is 2.32. The summed E-state index contributed by atoms with van der Waals surface area (Å²) in [6, 6.07) is 7.01. The molecular weight excluding hydrogens is 254 g/mol. The average molecular weight is 267 g/mol. The van der Waals surface area contributed by atoms with Crippen molar-refractivity contribution in [1.29, 1.82) is 0 Å².